The normalized spacial score (nSPS) is 15.0. The number of nitrogens with zero attached hydrogens (tertiary/aromatic N) is 2. The highest BCUT2D eigenvalue weighted by atomic mass is 35.5. The smallest absolute Gasteiger partial charge is 0.276 e. The molecule has 1 aliphatic rings. The predicted octanol–water partition coefficient (Wildman–Crippen LogP) is 5.37. The average Bonchev–Trinajstić information content (AvgIpc) is 3.33. The van der Waals surface area contributed by atoms with Crippen LogP contribution in [0, 0.1) is 0 Å². The van der Waals surface area contributed by atoms with Crippen molar-refractivity contribution in [2.24, 2.45) is 5.10 Å². The van der Waals surface area contributed by atoms with Gasteiger partial charge in [-0.05, 0) is 36.4 Å². The summed E-state index contributed by atoms with van der Waals surface area (Å²) in [5, 5.41) is 6.57. The van der Waals surface area contributed by atoms with Crippen molar-refractivity contribution in [1.29, 1.82) is 0 Å². The summed E-state index contributed by atoms with van der Waals surface area (Å²) < 4.78 is 21.8. The lowest BCUT2D eigenvalue weighted by molar-refractivity contribution is 0.0709. The van der Waals surface area contributed by atoms with E-state index in [-0.39, 0.29) is 5.91 Å². The molecule has 0 fully saturated rings. The van der Waals surface area contributed by atoms with E-state index in [2.05, 4.69) is 0 Å². The molecule has 1 heterocycles. The molecule has 0 saturated carbocycles. The fourth-order valence-corrected chi connectivity index (χ4v) is 4.16. The number of benzene rings is 3. The largest absolute Gasteiger partial charge is 0.497 e. The van der Waals surface area contributed by atoms with Gasteiger partial charge in [-0.3, -0.25) is 4.79 Å². The number of hydrogen-bond donors (Lipinski definition) is 0. The van der Waals surface area contributed by atoms with Crippen LogP contribution in [-0.4, -0.2) is 45.1 Å². The van der Waals surface area contributed by atoms with Crippen LogP contribution in [-0.2, 0) is 0 Å². The Bertz CT molecular complexity index is 1220. The topological polar surface area (TPSA) is 69.6 Å². The van der Waals surface area contributed by atoms with Gasteiger partial charge in [0.2, 0.25) is 0 Å². The summed E-state index contributed by atoms with van der Waals surface area (Å²) in [4.78, 5) is 13.6. The van der Waals surface area contributed by atoms with E-state index < -0.39 is 6.04 Å². The summed E-state index contributed by atoms with van der Waals surface area (Å²) >= 11 is 6.35. The van der Waals surface area contributed by atoms with Gasteiger partial charge in [0.25, 0.3) is 5.91 Å². The van der Waals surface area contributed by atoms with Crippen molar-refractivity contribution in [1.82, 2.24) is 5.01 Å². The molecular formula is C26H25ClN2O5. The van der Waals surface area contributed by atoms with E-state index in [9.17, 15) is 4.79 Å². The Kier molecular flexibility index (Phi) is 6.93. The van der Waals surface area contributed by atoms with Crippen molar-refractivity contribution in [3.8, 4) is 23.0 Å². The Hall–Kier alpha value is -3.71. The van der Waals surface area contributed by atoms with Crippen LogP contribution in [0.4, 0.5) is 0 Å². The summed E-state index contributed by atoms with van der Waals surface area (Å²) in [7, 11) is 6.36. The minimum absolute atomic E-state index is 0.307. The van der Waals surface area contributed by atoms with Crippen molar-refractivity contribution < 1.29 is 23.7 Å². The molecule has 1 aliphatic heterocycles. The third kappa shape index (κ3) is 4.52. The van der Waals surface area contributed by atoms with Crippen molar-refractivity contribution in [2.75, 3.05) is 28.4 Å². The predicted molar refractivity (Wildman–Crippen MR) is 131 cm³/mol. The summed E-state index contributed by atoms with van der Waals surface area (Å²) in [5.74, 6) is 2.21. The first-order chi connectivity index (χ1) is 16.5. The Labute approximate surface area is 203 Å². The lowest BCUT2D eigenvalue weighted by Crippen LogP contribution is -2.27. The van der Waals surface area contributed by atoms with Crippen molar-refractivity contribution >= 4 is 23.2 Å². The molecule has 0 aromatic heterocycles. The standard InChI is InChI=1S/C26H25ClN2O5/c1-31-17-9-10-21(25(14-17)34-4)24-15-23(16-11-18(32-2)13-19(12-16)33-3)28-29(24)26(30)20-7-5-6-8-22(20)27/h5-14,24H,15H2,1-4H3/t24-/m1/s1. The van der Waals surface area contributed by atoms with E-state index in [0.717, 1.165) is 11.1 Å². The van der Waals surface area contributed by atoms with Crippen LogP contribution in [0.1, 0.15) is 33.9 Å². The van der Waals surface area contributed by atoms with Gasteiger partial charge in [0.1, 0.15) is 23.0 Å². The molecule has 0 unspecified atom stereocenters. The van der Waals surface area contributed by atoms with E-state index in [0.29, 0.717) is 45.7 Å². The molecule has 176 valence electrons. The number of carbonyl (C=O) groups excluding carboxylic acids is 1. The number of hydrazone groups is 1. The molecule has 0 saturated heterocycles. The molecule has 1 atom stereocenters. The van der Waals surface area contributed by atoms with Gasteiger partial charge in [0.15, 0.2) is 0 Å². The number of hydrogen-bond acceptors (Lipinski definition) is 6. The van der Waals surface area contributed by atoms with E-state index >= 15 is 0 Å². The van der Waals surface area contributed by atoms with Gasteiger partial charge in [0, 0.05) is 29.7 Å². The van der Waals surface area contributed by atoms with Crippen LogP contribution < -0.4 is 18.9 Å². The quantitative estimate of drug-likeness (QED) is 0.455. The Morgan fingerprint density at radius 3 is 2.18 bits per heavy atom. The number of rotatable bonds is 7. The van der Waals surface area contributed by atoms with Gasteiger partial charge in [-0.25, -0.2) is 5.01 Å². The molecule has 0 aliphatic carbocycles. The molecule has 7 nitrogen and oxygen atoms in total. The number of amides is 1. The summed E-state index contributed by atoms with van der Waals surface area (Å²) in [5.41, 5.74) is 2.68. The zero-order valence-corrected chi connectivity index (χ0v) is 20.1. The molecule has 1 amide bonds. The molecule has 3 aromatic carbocycles. The maximum absolute atomic E-state index is 13.6. The monoisotopic (exact) mass is 480 g/mol. The zero-order valence-electron chi connectivity index (χ0n) is 19.4. The minimum Gasteiger partial charge on any atom is -0.497 e. The second kappa shape index (κ2) is 10.1. The number of methoxy groups -OCH3 is 4. The molecule has 3 aromatic rings. The van der Waals surface area contributed by atoms with Gasteiger partial charge < -0.3 is 18.9 Å². The van der Waals surface area contributed by atoms with E-state index in [1.165, 1.54) is 5.01 Å². The van der Waals surface area contributed by atoms with E-state index in [1.807, 2.05) is 24.3 Å². The maximum Gasteiger partial charge on any atom is 0.276 e. The van der Waals surface area contributed by atoms with Crippen molar-refractivity contribution in [2.45, 2.75) is 12.5 Å². The number of carbonyl (C=O) groups is 1. The third-order valence-electron chi connectivity index (χ3n) is 5.71. The molecule has 4 rings (SSSR count). The van der Waals surface area contributed by atoms with Gasteiger partial charge in [0.05, 0.1) is 50.8 Å². The SMILES string of the molecule is COc1cc(OC)cc(C2=NN(C(=O)c3ccccc3Cl)[C@@H](c3ccc(OC)cc3OC)C2)c1. The second-order valence-electron chi connectivity index (χ2n) is 7.61. The highest BCUT2D eigenvalue weighted by Crippen LogP contribution is 2.41. The lowest BCUT2D eigenvalue weighted by atomic mass is 9.97. The highest BCUT2D eigenvalue weighted by molar-refractivity contribution is 6.33. The van der Waals surface area contributed by atoms with Crippen molar-refractivity contribution in [3.05, 3.63) is 82.4 Å². The van der Waals surface area contributed by atoms with Gasteiger partial charge in [-0.1, -0.05) is 23.7 Å². The van der Waals surface area contributed by atoms with Crippen molar-refractivity contribution in [3.63, 3.8) is 0 Å². The molecule has 0 bridgehead atoms. The number of ether oxygens (including phenoxy) is 4. The first kappa shape index (κ1) is 23.4. The van der Waals surface area contributed by atoms with E-state index in [4.69, 9.17) is 35.6 Å². The first-order valence-electron chi connectivity index (χ1n) is 10.6. The third-order valence-corrected chi connectivity index (χ3v) is 6.04. The van der Waals surface area contributed by atoms with Crippen LogP contribution in [0.5, 0.6) is 23.0 Å². The Morgan fingerprint density at radius 1 is 0.882 bits per heavy atom. The Balaban J connectivity index is 1.82. The molecule has 0 radical (unpaired) electrons. The van der Waals surface area contributed by atoms with Crippen LogP contribution in [0.15, 0.2) is 65.8 Å². The summed E-state index contributed by atoms with van der Waals surface area (Å²) in [6.07, 6.45) is 0.454. The fraction of sp³-hybridized carbons (Fsp3) is 0.231. The number of halogens is 1. The van der Waals surface area contributed by atoms with E-state index in [1.54, 1.807) is 64.8 Å². The molecule has 0 N–H and O–H groups in total. The zero-order chi connectivity index (χ0) is 24.2. The fourth-order valence-electron chi connectivity index (χ4n) is 3.94. The average molecular weight is 481 g/mol. The van der Waals surface area contributed by atoms with Crippen LogP contribution >= 0.6 is 11.6 Å². The summed E-state index contributed by atoms with van der Waals surface area (Å²) in [6.45, 7) is 0. The molecular weight excluding hydrogens is 456 g/mol. The second-order valence-corrected chi connectivity index (χ2v) is 8.01. The first-order valence-corrected chi connectivity index (χ1v) is 11.0. The van der Waals surface area contributed by atoms with Crippen LogP contribution in [0.3, 0.4) is 0 Å². The van der Waals surface area contributed by atoms with Crippen LogP contribution in [0.25, 0.3) is 0 Å². The van der Waals surface area contributed by atoms with Crippen LogP contribution in [0.2, 0.25) is 5.02 Å². The summed E-state index contributed by atoms with van der Waals surface area (Å²) in [6, 6.07) is 17.6. The maximum atomic E-state index is 13.6. The Morgan fingerprint density at radius 2 is 1.56 bits per heavy atom. The minimum atomic E-state index is -0.420. The molecule has 0 spiro atoms. The van der Waals surface area contributed by atoms with Gasteiger partial charge >= 0.3 is 0 Å². The van der Waals surface area contributed by atoms with Gasteiger partial charge in [-0.2, -0.15) is 5.10 Å². The molecule has 34 heavy (non-hydrogen) atoms. The lowest BCUT2D eigenvalue weighted by Gasteiger charge is -2.24. The highest BCUT2D eigenvalue weighted by Gasteiger charge is 2.36. The van der Waals surface area contributed by atoms with Gasteiger partial charge in [-0.15, -0.1) is 0 Å². The molecule has 8 heteroatoms.